The van der Waals surface area contributed by atoms with Crippen LogP contribution in [0.5, 0.6) is 17.2 Å². The highest BCUT2D eigenvalue weighted by Gasteiger charge is 2.13. The minimum Gasteiger partial charge on any atom is -0.487 e. The number of pyridine rings is 1. The molecule has 3 rings (SSSR count). The zero-order valence-electron chi connectivity index (χ0n) is 11.3. The molecule has 1 aromatic heterocycles. The van der Waals surface area contributed by atoms with E-state index in [-0.39, 0.29) is 6.79 Å². The molecule has 2 aromatic rings. The Kier molecular flexibility index (Phi) is 3.58. The smallest absolute Gasteiger partial charge is 0.231 e. The zero-order valence-corrected chi connectivity index (χ0v) is 11.3. The van der Waals surface area contributed by atoms with E-state index in [1.54, 1.807) is 6.20 Å². The summed E-state index contributed by atoms with van der Waals surface area (Å²) in [7, 11) is 0. The quantitative estimate of drug-likeness (QED) is 0.907. The molecule has 1 aliphatic rings. The van der Waals surface area contributed by atoms with Gasteiger partial charge in [-0.2, -0.15) is 0 Å². The van der Waals surface area contributed by atoms with Gasteiger partial charge in [-0.15, -0.1) is 0 Å². The molecule has 1 aromatic carbocycles. The van der Waals surface area contributed by atoms with Crippen LogP contribution in [0.3, 0.4) is 0 Å². The Bertz CT molecular complexity index is 601. The van der Waals surface area contributed by atoms with Gasteiger partial charge < -0.3 is 19.5 Å². The molecule has 1 aliphatic heterocycles. The van der Waals surface area contributed by atoms with Crippen LogP contribution in [0.15, 0.2) is 36.5 Å². The Morgan fingerprint density at radius 1 is 1.20 bits per heavy atom. The first kappa shape index (κ1) is 12.6. The summed E-state index contributed by atoms with van der Waals surface area (Å²) in [4.78, 5) is 4.29. The third kappa shape index (κ3) is 2.77. The van der Waals surface area contributed by atoms with Crippen LogP contribution in [0.25, 0.3) is 0 Å². The second kappa shape index (κ2) is 5.69. The average Bonchev–Trinajstić information content (AvgIpc) is 2.93. The van der Waals surface area contributed by atoms with E-state index in [1.165, 1.54) is 0 Å². The van der Waals surface area contributed by atoms with Gasteiger partial charge in [0.05, 0.1) is 5.69 Å². The minimum absolute atomic E-state index is 0.269. The second-order valence-corrected chi connectivity index (χ2v) is 4.37. The van der Waals surface area contributed by atoms with Gasteiger partial charge in [0.1, 0.15) is 12.4 Å². The van der Waals surface area contributed by atoms with Crippen molar-refractivity contribution in [2.45, 2.75) is 13.5 Å². The average molecular weight is 272 g/mol. The molecule has 0 atom stereocenters. The van der Waals surface area contributed by atoms with Crippen molar-refractivity contribution in [1.29, 1.82) is 0 Å². The van der Waals surface area contributed by atoms with E-state index in [1.807, 2.05) is 30.3 Å². The Hall–Kier alpha value is -2.43. The van der Waals surface area contributed by atoms with Crippen molar-refractivity contribution in [3.63, 3.8) is 0 Å². The fourth-order valence-electron chi connectivity index (χ4n) is 2.00. The Morgan fingerprint density at radius 2 is 2.10 bits per heavy atom. The Balaban J connectivity index is 1.65. The van der Waals surface area contributed by atoms with E-state index in [2.05, 4.69) is 17.2 Å². The molecule has 0 spiro atoms. The first-order valence-corrected chi connectivity index (χ1v) is 6.56. The van der Waals surface area contributed by atoms with Gasteiger partial charge in [-0.1, -0.05) is 0 Å². The van der Waals surface area contributed by atoms with Gasteiger partial charge in [-0.05, 0) is 31.2 Å². The predicted octanol–water partition coefficient (Wildman–Crippen LogP) is 2.82. The van der Waals surface area contributed by atoms with Crippen LogP contribution in [0.1, 0.15) is 12.6 Å². The number of rotatable bonds is 5. The van der Waals surface area contributed by atoms with Crippen LogP contribution in [0.2, 0.25) is 0 Å². The molecule has 5 heteroatoms. The predicted molar refractivity (Wildman–Crippen MR) is 75.3 cm³/mol. The maximum absolute atomic E-state index is 5.72. The lowest BCUT2D eigenvalue weighted by Gasteiger charge is -2.08. The number of benzene rings is 1. The first-order chi connectivity index (χ1) is 9.85. The van der Waals surface area contributed by atoms with Crippen molar-refractivity contribution in [3.05, 3.63) is 42.2 Å². The highest BCUT2D eigenvalue weighted by Crippen LogP contribution is 2.35. The van der Waals surface area contributed by atoms with Crippen molar-refractivity contribution in [1.82, 2.24) is 4.98 Å². The summed E-state index contributed by atoms with van der Waals surface area (Å²) in [6.07, 6.45) is 1.77. The number of nitrogens with zero attached hydrogens (tertiary/aromatic N) is 1. The summed E-state index contributed by atoms with van der Waals surface area (Å²) >= 11 is 0. The van der Waals surface area contributed by atoms with Crippen molar-refractivity contribution in [2.24, 2.45) is 0 Å². The number of ether oxygens (including phenoxy) is 3. The first-order valence-electron chi connectivity index (χ1n) is 6.56. The fraction of sp³-hybridized carbons (Fsp3) is 0.267. The van der Waals surface area contributed by atoms with Gasteiger partial charge in [0.2, 0.25) is 6.79 Å². The largest absolute Gasteiger partial charge is 0.487 e. The topological polar surface area (TPSA) is 52.6 Å². The molecule has 5 nitrogen and oxygen atoms in total. The van der Waals surface area contributed by atoms with Crippen LogP contribution < -0.4 is 19.5 Å². The number of nitrogens with one attached hydrogen (secondary N) is 1. The van der Waals surface area contributed by atoms with E-state index in [0.29, 0.717) is 6.61 Å². The zero-order chi connectivity index (χ0) is 13.8. The molecule has 0 fully saturated rings. The molecule has 0 aliphatic carbocycles. The molecule has 0 saturated heterocycles. The minimum atomic E-state index is 0.269. The monoisotopic (exact) mass is 272 g/mol. The number of hydrogen-bond donors (Lipinski definition) is 1. The van der Waals surface area contributed by atoms with Crippen LogP contribution in [-0.2, 0) is 6.61 Å². The third-order valence-corrected chi connectivity index (χ3v) is 2.93. The second-order valence-electron chi connectivity index (χ2n) is 4.37. The van der Waals surface area contributed by atoms with Crippen molar-refractivity contribution >= 4 is 5.69 Å². The SMILES string of the molecule is CCNc1ccnc(COc2ccc3c(c2)OCO3)c1. The summed E-state index contributed by atoms with van der Waals surface area (Å²) in [5.41, 5.74) is 1.92. The number of fused-ring (bicyclic) bond motifs is 1. The van der Waals surface area contributed by atoms with Crippen molar-refractivity contribution < 1.29 is 14.2 Å². The molecule has 0 bridgehead atoms. The van der Waals surface area contributed by atoms with Crippen LogP contribution in [0.4, 0.5) is 5.69 Å². The van der Waals surface area contributed by atoms with E-state index in [9.17, 15) is 0 Å². The maximum Gasteiger partial charge on any atom is 0.231 e. The van der Waals surface area contributed by atoms with Crippen molar-refractivity contribution in [3.8, 4) is 17.2 Å². The van der Waals surface area contributed by atoms with E-state index >= 15 is 0 Å². The molecule has 0 unspecified atom stereocenters. The summed E-state index contributed by atoms with van der Waals surface area (Å²) in [5, 5.41) is 3.25. The summed E-state index contributed by atoms with van der Waals surface area (Å²) in [6, 6.07) is 9.46. The normalized spacial score (nSPS) is 12.2. The maximum atomic E-state index is 5.72. The lowest BCUT2D eigenvalue weighted by atomic mass is 10.3. The van der Waals surface area contributed by atoms with Crippen molar-refractivity contribution in [2.75, 3.05) is 18.7 Å². The molecule has 2 heterocycles. The summed E-state index contributed by atoms with van der Waals surface area (Å²) < 4.78 is 16.3. The van der Waals surface area contributed by atoms with E-state index < -0.39 is 0 Å². The molecular formula is C15H16N2O3. The van der Waals surface area contributed by atoms with E-state index in [0.717, 1.165) is 35.2 Å². The lowest BCUT2D eigenvalue weighted by molar-refractivity contribution is 0.173. The van der Waals surface area contributed by atoms with Gasteiger partial charge in [0, 0.05) is 24.5 Å². The molecular weight excluding hydrogens is 256 g/mol. The lowest BCUT2D eigenvalue weighted by Crippen LogP contribution is -2.01. The third-order valence-electron chi connectivity index (χ3n) is 2.93. The van der Waals surface area contributed by atoms with Crippen LogP contribution in [0, 0.1) is 0 Å². The summed E-state index contributed by atoms with van der Waals surface area (Å²) in [6.45, 7) is 3.62. The number of hydrogen-bond acceptors (Lipinski definition) is 5. The van der Waals surface area contributed by atoms with Gasteiger partial charge in [-0.25, -0.2) is 0 Å². The number of anilines is 1. The highest BCUT2D eigenvalue weighted by molar-refractivity contribution is 5.47. The molecule has 104 valence electrons. The van der Waals surface area contributed by atoms with Gasteiger partial charge in [0.15, 0.2) is 11.5 Å². The summed E-state index contributed by atoms with van der Waals surface area (Å²) in [5.74, 6) is 2.21. The Morgan fingerprint density at radius 3 is 3.00 bits per heavy atom. The van der Waals surface area contributed by atoms with Gasteiger partial charge in [0.25, 0.3) is 0 Å². The standard InChI is InChI=1S/C15H16N2O3/c1-2-16-11-5-6-17-12(7-11)9-18-13-3-4-14-15(8-13)20-10-19-14/h3-8H,2,9-10H2,1H3,(H,16,17). The molecule has 20 heavy (non-hydrogen) atoms. The fourth-order valence-corrected chi connectivity index (χ4v) is 2.00. The Labute approximate surface area is 117 Å². The molecule has 0 amide bonds. The highest BCUT2D eigenvalue weighted by atomic mass is 16.7. The van der Waals surface area contributed by atoms with Gasteiger partial charge in [-0.3, -0.25) is 4.98 Å². The van der Waals surface area contributed by atoms with Crippen LogP contribution >= 0.6 is 0 Å². The molecule has 0 saturated carbocycles. The molecule has 1 N–H and O–H groups in total. The van der Waals surface area contributed by atoms with Gasteiger partial charge >= 0.3 is 0 Å². The number of aromatic nitrogens is 1. The van der Waals surface area contributed by atoms with Crippen LogP contribution in [-0.4, -0.2) is 18.3 Å². The molecule has 0 radical (unpaired) electrons. The van der Waals surface area contributed by atoms with E-state index in [4.69, 9.17) is 14.2 Å².